The molecule has 1 atom stereocenters. The summed E-state index contributed by atoms with van der Waals surface area (Å²) in [6, 6.07) is 7.09. The molecule has 3 rings (SSSR count). The van der Waals surface area contributed by atoms with E-state index < -0.39 is 0 Å². The van der Waals surface area contributed by atoms with E-state index in [2.05, 4.69) is 48.1 Å². The fraction of sp³-hybridized carbons (Fsp3) is 0.632. The Hall–Kier alpha value is -2.02. The van der Waals surface area contributed by atoms with Crippen LogP contribution >= 0.6 is 0 Å². The molecule has 1 fully saturated rings. The lowest BCUT2D eigenvalue weighted by atomic mass is 10.0. The topological polar surface area (TPSA) is 51.3 Å². The first kappa shape index (κ1) is 18.8. The number of rotatable bonds is 6. The fourth-order valence-electron chi connectivity index (χ4n) is 3.70. The zero-order chi connectivity index (χ0) is 18.7. The minimum atomic E-state index is -0.186. The summed E-state index contributed by atoms with van der Waals surface area (Å²) in [6.45, 7) is 12.7. The van der Waals surface area contributed by atoms with Crippen molar-refractivity contribution in [2.45, 2.75) is 52.1 Å². The van der Waals surface area contributed by atoms with Crippen molar-refractivity contribution in [3.63, 3.8) is 0 Å². The van der Waals surface area contributed by atoms with Crippen molar-refractivity contribution in [3.05, 3.63) is 35.9 Å². The van der Waals surface area contributed by atoms with Gasteiger partial charge in [0.15, 0.2) is 0 Å². The maximum atomic E-state index is 13.1. The largest absolute Gasteiger partial charge is 0.360 e. The van der Waals surface area contributed by atoms with Crippen LogP contribution in [-0.4, -0.2) is 46.4 Å². The van der Waals surface area contributed by atoms with Crippen LogP contribution in [0, 0.1) is 5.82 Å². The number of aromatic nitrogens is 4. The SMILES string of the molecule is CC[C@@H](c1nnnn1C(C)(C)CC)[NH+]1CCN(c2ccc(F)cc2)CC1. The monoisotopic (exact) mass is 361 g/mol. The Kier molecular flexibility index (Phi) is 5.55. The van der Waals surface area contributed by atoms with Crippen molar-refractivity contribution >= 4 is 5.69 Å². The molecule has 0 amide bonds. The predicted octanol–water partition coefficient (Wildman–Crippen LogP) is 1.81. The predicted molar refractivity (Wildman–Crippen MR) is 99.8 cm³/mol. The highest BCUT2D eigenvalue weighted by Crippen LogP contribution is 2.22. The molecule has 1 aromatic heterocycles. The van der Waals surface area contributed by atoms with Gasteiger partial charge in [-0.2, -0.15) is 0 Å². The molecule has 1 aliphatic rings. The first-order chi connectivity index (χ1) is 12.5. The summed E-state index contributed by atoms with van der Waals surface area (Å²) in [5, 5.41) is 12.7. The van der Waals surface area contributed by atoms with E-state index in [4.69, 9.17) is 0 Å². The number of hydrogen-bond donors (Lipinski definition) is 1. The van der Waals surface area contributed by atoms with Gasteiger partial charge in [0, 0.05) is 12.1 Å². The van der Waals surface area contributed by atoms with Crippen molar-refractivity contribution in [1.82, 2.24) is 20.2 Å². The van der Waals surface area contributed by atoms with Gasteiger partial charge in [-0.15, -0.1) is 5.10 Å². The van der Waals surface area contributed by atoms with Gasteiger partial charge in [0.2, 0.25) is 5.82 Å². The standard InChI is InChI=1S/C19H29FN6/c1-5-17(18-21-22-23-26(18)19(3,4)6-2)25-13-11-24(12-14-25)16-9-7-15(20)8-10-16/h7-10,17H,5-6,11-14H2,1-4H3/p+1/t17-/m0/s1. The minimum Gasteiger partial charge on any atom is -0.360 e. The molecule has 2 heterocycles. The van der Waals surface area contributed by atoms with E-state index in [1.807, 2.05) is 16.8 Å². The van der Waals surface area contributed by atoms with Gasteiger partial charge in [-0.25, -0.2) is 9.07 Å². The highest BCUT2D eigenvalue weighted by atomic mass is 19.1. The van der Waals surface area contributed by atoms with E-state index in [1.165, 1.54) is 17.0 Å². The zero-order valence-corrected chi connectivity index (χ0v) is 16.2. The number of benzene rings is 1. The van der Waals surface area contributed by atoms with Crippen molar-refractivity contribution < 1.29 is 9.29 Å². The third-order valence-corrected chi connectivity index (χ3v) is 5.74. The Bertz CT molecular complexity index is 703. The van der Waals surface area contributed by atoms with Gasteiger partial charge in [0.25, 0.3) is 0 Å². The van der Waals surface area contributed by atoms with E-state index in [1.54, 1.807) is 0 Å². The summed E-state index contributed by atoms with van der Waals surface area (Å²) in [6.07, 6.45) is 1.99. The van der Waals surface area contributed by atoms with Gasteiger partial charge in [-0.3, -0.25) is 0 Å². The summed E-state index contributed by atoms with van der Waals surface area (Å²) < 4.78 is 15.2. The second-order valence-corrected chi connectivity index (χ2v) is 7.70. The first-order valence-corrected chi connectivity index (χ1v) is 9.60. The quantitative estimate of drug-likeness (QED) is 0.853. The van der Waals surface area contributed by atoms with Crippen molar-refractivity contribution in [3.8, 4) is 0 Å². The van der Waals surface area contributed by atoms with E-state index in [0.717, 1.165) is 50.5 Å². The molecule has 1 aliphatic heterocycles. The van der Waals surface area contributed by atoms with Gasteiger partial charge in [0.1, 0.15) is 11.9 Å². The Morgan fingerprint density at radius 3 is 2.38 bits per heavy atom. The molecule has 2 aromatic rings. The highest BCUT2D eigenvalue weighted by molar-refractivity contribution is 5.46. The lowest BCUT2D eigenvalue weighted by Crippen LogP contribution is -3.15. The van der Waals surface area contributed by atoms with Crippen LogP contribution in [0.3, 0.4) is 0 Å². The average molecular weight is 361 g/mol. The number of nitrogens with one attached hydrogen (secondary N) is 1. The van der Waals surface area contributed by atoms with Crippen molar-refractivity contribution in [1.29, 1.82) is 0 Å². The van der Waals surface area contributed by atoms with Crippen LogP contribution in [0.25, 0.3) is 0 Å². The maximum Gasteiger partial charge on any atom is 0.209 e. The van der Waals surface area contributed by atoms with Crippen molar-refractivity contribution in [2.75, 3.05) is 31.1 Å². The molecule has 1 aromatic carbocycles. The summed E-state index contributed by atoms with van der Waals surface area (Å²) in [7, 11) is 0. The van der Waals surface area contributed by atoms with Gasteiger partial charge in [-0.05, 0) is 55.0 Å². The molecule has 0 bridgehead atoms. The highest BCUT2D eigenvalue weighted by Gasteiger charge is 2.34. The van der Waals surface area contributed by atoms with Gasteiger partial charge in [0.05, 0.1) is 31.7 Å². The molecular weight excluding hydrogens is 331 g/mol. The van der Waals surface area contributed by atoms with Crippen LogP contribution in [0.1, 0.15) is 52.4 Å². The molecule has 142 valence electrons. The molecule has 0 aliphatic carbocycles. The number of anilines is 1. The zero-order valence-electron chi connectivity index (χ0n) is 16.2. The van der Waals surface area contributed by atoms with Gasteiger partial charge >= 0.3 is 0 Å². The number of piperazine rings is 1. The Balaban J connectivity index is 1.72. The minimum absolute atomic E-state index is 0.0817. The van der Waals surface area contributed by atoms with Gasteiger partial charge < -0.3 is 9.80 Å². The Morgan fingerprint density at radius 2 is 1.81 bits per heavy atom. The fourth-order valence-corrected chi connectivity index (χ4v) is 3.70. The summed E-state index contributed by atoms with van der Waals surface area (Å²) >= 11 is 0. The molecule has 26 heavy (non-hydrogen) atoms. The van der Waals surface area contributed by atoms with Gasteiger partial charge in [-0.1, -0.05) is 13.8 Å². The molecule has 1 saturated heterocycles. The van der Waals surface area contributed by atoms with Crippen LogP contribution in [0.2, 0.25) is 0 Å². The Morgan fingerprint density at radius 1 is 1.15 bits per heavy atom. The summed E-state index contributed by atoms with van der Waals surface area (Å²) in [5.74, 6) is 0.805. The third-order valence-electron chi connectivity index (χ3n) is 5.74. The van der Waals surface area contributed by atoms with Crippen LogP contribution in [0.5, 0.6) is 0 Å². The summed E-state index contributed by atoms with van der Waals surface area (Å²) in [5.41, 5.74) is 1.01. The third kappa shape index (κ3) is 3.72. The molecule has 1 N–H and O–H groups in total. The number of tetrazole rings is 1. The van der Waals surface area contributed by atoms with E-state index in [9.17, 15) is 4.39 Å². The van der Waals surface area contributed by atoms with Crippen LogP contribution in [0.4, 0.5) is 10.1 Å². The second kappa shape index (κ2) is 7.70. The first-order valence-electron chi connectivity index (χ1n) is 9.60. The normalized spacial score (nSPS) is 17.5. The number of hydrogen-bond acceptors (Lipinski definition) is 4. The average Bonchev–Trinajstić information content (AvgIpc) is 3.14. The lowest BCUT2D eigenvalue weighted by molar-refractivity contribution is -0.933. The number of nitrogens with zero attached hydrogens (tertiary/aromatic N) is 5. The maximum absolute atomic E-state index is 13.1. The molecular formula is C19H30FN6+. The molecule has 0 unspecified atom stereocenters. The second-order valence-electron chi connectivity index (χ2n) is 7.70. The van der Waals surface area contributed by atoms with Crippen LogP contribution in [-0.2, 0) is 5.54 Å². The molecule has 6 nitrogen and oxygen atoms in total. The van der Waals surface area contributed by atoms with Crippen molar-refractivity contribution in [2.24, 2.45) is 0 Å². The molecule has 0 radical (unpaired) electrons. The Labute approximate surface area is 155 Å². The number of halogens is 1. The van der Waals surface area contributed by atoms with E-state index >= 15 is 0 Å². The lowest BCUT2D eigenvalue weighted by Gasteiger charge is -2.37. The molecule has 7 heteroatoms. The van der Waals surface area contributed by atoms with E-state index in [0.29, 0.717) is 6.04 Å². The molecule has 0 spiro atoms. The van der Waals surface area contributed by atoms with Crippen LogP contribution < -0.4 is 9.80 Å². The van der Waals surface area contributed by atoms with E-state index in [-0.39, 0.29) is 11.4 Å². The van der Waals surface area contributed by atoms with Crippen LogP contribution in [0.15, 0.2) is 24.3 Å². The number of quaternary nitrogens is 1. The smallest absolute Gasteiger partial charge is 0.209 e. The summed E-state index contributed by atoms with van der Waals surface area (Å²) in [4.78, 5) is 3.85. The molecule has 0 saturated carbocycles.